The van der Waals surface area contributed by atoms with Crippen LogP contribution < -0.4 is 11.2 Å². The average Bonchev–Trinajstić information content (AvgIpc) is 2.46. The van der Waals surface area contributed by atoms with Gasteiger partial charge >= 0.3 is 0 Å². The highest BCUT2D eigenvalue weighted by Crippen LogP contribution is 2.30. The molecule has 0 aromatic heterocycles. The zero-order valence-electron chi connectivity index (χ0n) is 10.5. The van der Waals surface area contributed by atoms with Crippen molar-refractivity contribution in [1.82, 2.24) is 4.98 Å². The van der Waals surface area contributed by atoms with Gasteiger partial charge in [0, 0.05) is 28.6 Å². The summed E-state index contributed by atoms with van der Waals surface area (Å²) in [6.45, 7) is 0. The molecule has 0 bridgehead atoms. The normalized spacial score (nSPS) is 11.4. The molecule has 20 heavy (non-hydrogen) atoms. The van der Waals surface area contributed by atoms with Crippen molar-refractivity contribution < 1.29 is 4.42 Å². The molecule has 2 aromatic carbocycles. The first-order valence-corrected chi connectivity index (χ1v) is 6.24. The van der Waals surface area contributed by atoms with Crippen molar-refractivity contribution in [2.75, 3.05) is 5.73 Å². The molecular weight excluding hydrogens is 252 g/mol. The maximum atomic E-state index is 12.1. The molecule has 0 saturated heterocycles. The molecule has 2 N–H and O–H groups in total. The third kappa shape index (κ3) is 1.48. The zero-order valence-corrected chi connectivity index (χ0v) is 10.5. The lowest BCUT2D eigenvalue weighted by Crippen LogP contribution is -2.03. The summed E-state index contributed by atoms with van der Waals surface area (Å²) in [6.07, 6.45) is 0. The van der Waals surface area contributed by atoms with Crippen molar-refractivity contribution in [3.8, 4) is 11.5 Å². The van der Waals surface area contributed by atoms with E-state index in [0.29, 0.717) is 28.1 Å². The van der Waals surface area contributed by atoms with Crippen molar-refractivity contribution in [2.45, 2.75) is 0 Å². The Kier molecular flexibility index (Phi) is 2.09. The van der Waals surface area contributed by atoms with Crippen molar-refractivity contribution in [3.05, 3.63) is 58.8 Å². The third-order valence-electron chi connectivity index (χ3n) is 3.38. The van der Waals surface area contributed by atoms with Crippen LogP contribution in [-0.2, 0) is 0 Å². The fourth-order valence-corrected chi connectivity index (χ4v) is 2.44. The van der Waals surface area contributed by atoms with Crippen LogP contribution in [-0.4, -0.2) is 4.98 Å². The Morgan fingerprint density at radius 1 is 1.00 bits per heavy atom. The van der Waals surface area contributed by atoms with Crippen LogP contribution in [0.1, 0.15) is 0 Å². The van der Waals surface area contributed by atoms with Crippen LogP contribution in [0.25, 0.3) is 33.3 Å². The van der Waals surface area contributed by atoms with Crippen LogP contribution in [0.5, 0.6) is 0 Å². The minimum Gasteiger partial charge on any atom is -0.453 e. The number of hydrogen-bond donors (Lipinski definition) is 1. The quantitative estimate of drug-likeness (QED) is 0.300. The summed E-state index contributed by atoms with van der Waals surface area (Å²) in [5.74, 6) is 0.479. The Morgan fingerprint density at radius 2 is 1.80 bits per heavy atom. The van der Waals surface area contributed by atoms with Gasteiger partial charge in [-0.2, -0.15) is 0 Å². The lowest BCUT2D eigenvalue weighted by Gasteiger charge is -2.09. The Bertz CT molecular complexity index is 988. The number of hydrogen-bond acceptors (Lipinski definition) is 4. The smallest absolute Gasteiger partial charge is 0.190 e. The van der Waals surface area contributed by atoms with Gasteiger partial charge in [0.2, 0.25) is 0 Å². The number of rotatable bonds is 0. The third-order valence-corrected chi connectivity index (χ3v) is 3.38. The highest BCUT2D eigenvalue weighted by atomic mass is 16.3. The standard InChI is InChI=1S/C16H10N2O2/c17-9-5-6-12-14(7-9)20-15-8-13(19)10-3-1-2-4-11(10)16(15)18-12/h1-8H,17H2. The Morgan fingerprint density at radius 3 is 2.65 bits per heavy atom. The monoisotopic (exact) mass is 262 g/mol. The molecule has 1 heterocycles. The van der Waals surface area contributed by atoms with E-state index in [1.165, 1.54) is 6.07 Å². The van der Waals surface area contributed by atoms with Gasteiger partial charge in [-0.3, -0.25) is 4.79 Å². The second-order valence-corrected chi connectivity index (χ2v) is 4.71. The molecule has 0 fully saturated rings. The van der Waals surface area contributed by atoms with Gasteiger partial charge in [-0.1, -0.05) is 24.3 Å². The molecule has 0 unspecified atom stereocenters. The van der Waals surface area contributed by atoms with Crippen LogP contribution >= 0.6 is 0 Å². The summed E-state index contributed by atoms with van der Waals surface area (Å²) in [5, 5.41) is 1.45. The van der Waals surface area contributed by atoms with E-state index in [1.54, 1.807) is 18.2 Å². The predicted octanol–water partition coefficient (Wildman–Crippen LogP) is 3.03. The molecule has 2 aliphatic rings. The number of aromatic nitrogens is 1. The molecule has 0 amide bonds. The molecule has 0 atom stereocenters. The predicted molar refractivity (Wildman–Crippen MR) is 78.8 cm³/mol. The first kappa shape index (κ1) is 11.0. The molecule has 1 aliphatic heterocycles. The fourth-order valence-electron chi connectivity index (χ4n) is 2.44. The second kappa shape index (κ2) is 3.81. The highest BCUT2D eigenvalue weighted by molar-refractivity contribution is 5.96. The van der Waals surface area contributed by atoms with E-state index in [2.05, 4.69) is 4.98 Å². The first-order chi connectivity index (χ1) is 9.72. The molecular formula is C16H10N2O2. The van der Waals surface area contributed by atoms with Crippen molar-refractivity contribution >= 4 is 27.6 Å². The SMILES string of the molecule is Nc1ccc2nc3c4ccccc4c(=O)cc-3oc2c1. The van der Waals surface area contributed by atoms with Crippen LogP contribution in [0.3, 0.4) is 0 Å². The highest BCUT2D eigenvalue weighted by Gasteiger charge is 2.15. The topological polar surface area (TPSA) is 69.1 Å². The molecule has 4 nitrogen and oxygen atoms in total. The van der Waals surface area contributed by atoms with E-state index in [9.17, 15) is 4.79 Å². The van der Waals surface area contributed by atoms with E-state index in [-0.39, 0.29) is 5.43 Å². The maximum absolute atomic E-state index is 12.1. The summed E-state index contributed by atoms with van der Waals surface area (Å²) >= 11 is 0. The zero-order chi connectivity index (χ0) is 13.7. The largest absolute Gasteiger partial charge is 0.453 e. The van der Waals surface area contributed by atoms with Crippen LogP contribution in [0.15, 0.2) is 57.7 Å². The number of anilines is 1. The second-order valence-electron chi connectivity index (χ2n) is 4.71. The molecule has 1 aliphatic carbocycles. The van der Waals surface area contributed by atoms with Gasteiger partial charge in [0.05, 0.1) is 0 Å². The molecule has 0 saturated carbocycles. The van der Waals surface area contributed by atoms with Gasteiger partial charge in [0.15, 0.2) is 16.8 Å². The summed E-state index contributed by atoms with van der Waals surface area (Å²) in [6, 6.07) is 14.2. The molecule has 0 spiro atoms. The molecule has 4 rings (SSSR count). The Labute approximate surface area is 113 Å². The summed E-state index contributed by atoms with van der Waals surface area (Å²) < 4.78 is 5.77. The van der Waals surface area contributed by atoms with Gasteiger partial charge in [0.1, 0.15) is 11.2 Å². The van der Waals surface area contributed by atoms with Crippen LogP contribution in [0.2, 0.25) is 0 Å². The van der Waals surface area contributed by atoms with Crippen molar-refractivity contribution in [1.29, 1.82) is 0 Å². The Hall–Kier alpha value is -2.88. The van der Waals surface area contributed by atoms with Gasteiger partial charge < -0.3 is 10.2 Å². The maximum Gasteiger partial charge on any atom is 0.190 e. The minimum absolute atomic E-state index is 0.0677. The van der Waals surface area contributed by atoms with Gasteiger partial charge in [-0.05, 0) is 12.1 Å². The molecule has 0 radical (unpaired) electrons. The van der Waals surface area contributed by atoms with Crippen LogP contribution in [0, 0.1) is 0 Å². The van der Waals surface area contributed by atoms with E-state index >= 15 is 0 Å². The summed E-state index contributed by atoms with van der Waals surface area (Å²) in [7, 11) is 0. The van der Waals surface area contributed by atoms with Crippen molar-refractivity contribution in [3.63, 3.8) is 0 Å². The van der Waals surface area contributed by atoms with Crippen molar-refractivity contribution in [2.24, 2.45) is 0 Å². The number of fused-ring (bicyclic) bond motifs is 4. The molecule has 96 valence electrons. The minimum atomic E-state index is -0.0677. The number of nitrogens with two attached hydrogens (primary N) is 1. The van der Waals surface area contributed by atoms with Crippen LogP contribution in [0.4, 0.5) is 5.69 Å². The van der Waals surface area contributed by atoms with Gasteiger partial charge in [0.25, 0.3) is 0 Å². The van der Waals surface area contributed by atoms with Gasteiger partial charge in [-0.15, -0.1) is 0 Å². The summed E-state index contributed by atoms with van der Waals surface area (Å²) in [5.41, 5.74) is 8.26. The Balaban J connectivity index is 2.25. The lowest BCUT2D eigenvalue weighted by molar-refractivity contribution is 0.614. The molecule has 4 heteroatoms. The van der Waals surface area contributed by atoms with E-state index in [0.717, 1.165) is 10.9 Å². The average molecular weight is 262 g/mol. The number of nitrogens with zero attached hydrogens (tertiary/aromatic N) is 1. The number of nitrogen functional groups attached to an aromatic ring is 1. The van der Waals surface area contributed by atoms with E-state index in [4.69, 9.17) is 10.2 Å². The first-order valence-electron chi connectivity index (χ1n) is 6.24. The number of benzene rings is 3. The molecule has 2 aromatic rings. The van der Waals surface area contributed by atoms with E-state index < -0.39 is 0 Å². The summed E-state index contributed by atoms with van der Waals surface area (Å²) in [4.78, 5) is 16.7. The van der Waals surface area contributed by atoms with E-state index in [1.807, 2.05) is 24.3 Å². The lowest BCUT2D eigenvalue weighted by atomic mass is 10.0. The fraction of sp³-hybridized carbons (Fsp3) is 0. The van der Waals surface area contributed by atoms with Gasteiger partial charge in [-0.25, -0.2) is 4.98 Å².